The molecule has 0 fully saturated rings. The van der Waals surface area contributed by atoms with Gasteiger partial charge in [-0.05, 0) is 82.9 Å². The van der Waals surface area contributed by atoms with Crippen LogP contribution in [0.1, 0.15) is 11.1 Å². The van der Waals surface area contributed by atoms with E-state index >= 15 is 0 Å². The second-order valence-corrected chi connectivity index (χ2v) is 9.53. The molecule has 1 nitrogen and oxygen atoms in total. The van der Waals surface area contributed by atoms with Crippen molar-refractivity contribution in [1.29, 1.82) is 0 Å². The third kappa shape index (κ3) is 4.44. The van der Waals surface area contributed by atoms with Crippen LogP contribution in [0.25, 0.3) is 55.4 Å². The Morgan fingerprint density at radius 2 is 0.889 bits per heavy atom. The number of hydrogen-bond donors (Lipinski definition) is 0. The minimum Gasteiger partial charge on any atom is -0.256 e. The van der Waals surface area contributed by atoms with E-state index in [1.54, 1.807) is 0 Å². The highest BCUT2D eigenvalue weighted by atomic mass is 14.7. The molecular formula is C35H27N. The molecule has 1 aromatic heterocycles. The summed E-state index contributed by atoms with van der Waals surface area (Å²) in [6.07, 6.45) is 1.96. The Labute approximate surface area is 212 Å². The molecule has 0 saturated heterocycles. The fraction of sp³-hybridized carbons (Fsp3) is 0.0571. The molecule has 0 atom stereocenters. The van der Waals surface area contributed by atoms with Crippen molar-refractivity contribution in [2.24, 2.45) is 0 Å². The van der Waals surface area contributed by atoms with Crippen LogP contribution in [0.5, 0.6) is 0 Å². The monoisotopic (exact) mass is 461 g/mol. The van der Waals surface area contributed by atoms with E-state index in [1.807, 2.05) is 6.20 Å². The van der Waals surface area contributed by atoms with Gasteiger partial charge in [-0.3, -0.25) is 4.98 Å². The number of benzene rings is 5. The maximum atomic E-state index is 4.76. The SMILES string of the molecule is Cc1ccc(-c2cc(-c3ccc(C)cc3)cc(-c3cccc(-c4cc5ccccc5cn4)c3)c2)cc1. The summed E-state index contributed by atoms with van der Waals surface area (Å²) >= 11 is 0. The Kier molecular flexibility index (Phi) is 5.67. The van der Waals surface area contributed by atoms with Gasteiger partial charge in [0.25, 0.3) is 0 Å². The largest absolute Gasteiger partial charge is 0.256 e. The highest BCUT2D eigenvalue weighted by molar-refractivity contribution is 5.86. The van der Waals surface area contributed by atoms with E-state index < -0.39 is 0 Å². The zero-order valence-corrected chi connectivity index (χ0v) is 20.6. The molecule has 0 aliphatic heterocycles. The number of aryl methyl sites for hydroxylation is 2. The normalized spacial score (nSPS) is 11.1. The smallest absolute Gasteiger partial charge is 0.0708 e. The van der Waals surface area contributed by atoms with Crippen molar-refractivity contribution in [1.82, 2.24) is 4.98 Å². The molecule has 0 aliphatic rings. The summed E-state index contributed by atoms with van der Waals surface area (Å²) in [7, 11) is 0. The summed E-state index contributed by atoms with van der Waals surface area (Å²) in [6, 6.07) is 43.7. The molecule has 6 aromatic rings. The van der Waals surface area contributed by atoms with Crippen LogP contribution >= 0.6 is 0 Å². The second kappa shape index (κ2) is 9.28. The summed E-state index contributed by atoms with van der Waals surface area (Å²) in [5, 5.41) is 2.36. The van der Waals surface area contributed by atoms with Crippen LogP contribution in [0.15, 0.2) is 128 Å². The number of fused-ring (bicyclic) bond motifs is 1. The van der Waals surface area contributed by atoms with Crippen LogP contribution in [0, 0.1) is 13.8 Å². The summed E-state index contributed by atoms with van der Waals surface area (Å²) in [5.74, 6) is 0. The highest BCUT2D eigenvalue weighted by Crippen LogP contribution is 2.34. The third-order valence-corrected chi connectivity index (χ3v) is 6.83. The first-order valence-electron chi connectivity index (χ1n) is 12.4. The molecule has 1 heteroatoms. The van der Waals surface area contributed by atoms with E-state index in [1.165, 1.54) is 49.9 Å². The second-order valence-electron chi connectivity index (χ2n) is 9.53. The van der Waals surface area contributed by atoms with Gasteiger partial charge in [-0.25, -0.2) is 0 Å². The van der Waals surface area contributed by atoms with Crippen molar-refractivity contribution in [2.45, 2.75) is 13.8 Å². The van der Waals surface area contributed by atoms with Crippen molar-refractivity contribution in [3.8, 4) is 44.6 Å². The lowest BCUT2D eigenvalue weighted by Crippen LogP contribution is -1.88. The predicted octanol–water partition coefficient (Wildman–Crippen LogP) is 9.52. The Morgan fingerprint density at radius 1 is 0.389 bits per heavy atom. The maximum Gasteiger partial charge on any atom is 0.0708 e. The molecule has 0 aliphatic carbocycles. The summed E-state index contributed by atoms with van der Waals surface area (Å²) < 4.78 is 0. The molecule has 0 unspecified atom stereocenters. The Morgan fingerprint density at radius 3 is 1.50 bits per heavy atom. The number of nitrogens with zero attached hydrogens (tertiary/aromatic N) is 1. The molecule has 0 spiro atoms. The molecule has 0 bridgehead atoms. The Hall–Kier alpha value is -4.49. The van der Waals surface area contributed by atoms with Gasteiger partial charge in [0.1, 0.15) is 0 Å². The molecule has 1 heterocycles. The van der Waals surface area contributed by atoms with Gasteiger partial charge in [0.05, 0.1) is 5.69 Å². The van der Waals surface area contributed by atoms with Crippen molar-refractivity contribution in [3.63, 3.8) is 0 Å². The van der Waals surface area contributed by atoms with Gasteiger partial charge >= 0.3 is 0 Å². The molecule has 0 radical (unpaired) electrons. The van der Waals surface area contributed by atoms with Crippen molar-refractivity contribution in [3.05, 3.63) is 139 Å². The van der Waals surface area contributed by atoms with Gasteiger partial charge in [-0.1, -0.05) is 102 Å². The molecule has 5 aromatic carbocycles. The van der Waals surface area contributed by atoms with Crippen molar-refractivity contribution >= 4 is 10.8 Å². The maximum absolute atomic E-state index is 4.76. The van der Waals surface area contributed by atoms with Gasteiger partial charge < -0.3 is 0 Å². The summed E-state index contributed by atoms with van der Waals surface area (Å²) in [5.41, 5.74) is 11.9. The van der Waals surface area contributed by atoms with Crippen LogP contribution in [-0.4, -0.2) is 4.98 Å². The lowest BCUT2D eigenvalue weighted by Gasteiger charge is -2.13. The topological polar surface area (TPSA) is 12.9 Å². The Bertz CT molecular complexity index is 1610. The summed E-state index contributed by atoms with van der Waals surface area (Å²) in [6.45, 7) is 4.26. The van der Waals surface area contributed by atoms with Crippen LogP contribution < -0.4 is 0 Å². The third-order valence-electron chi connectivity index (χ3n) is 6.83. The van der Waals surface area contributed by atoms with Gasteiger partial charge in [0, 0.05) is 17.1 Å². The minimum absolute atomic E-state index is 0.990. The average Bonchev–Trinajstić information content (AvgIpc) is 2.93. The standard InChI is InChI=1S/C35H27N/c1-24-10-14-26(15-11-24)32-19-33(27-16-12-25(2)13-17-27)21-34(20-32)28-8-5-9-30(18-28)35-22-29-6-3-4-7-31(29)23-36-35/h3-23H,1-2H3. The number of rotatable bonds is 4. The minimum atomic E-state index is 0.990. The average molecular weight is 462 g/mol. The first kappa shape index (κ1) is 22.0. The van der Waals surface area contributed by atoms with E-state index in [-0.39, 0.29) is 0 Å². The molecule has 6 rings (SSSR count). The van der Waals surface area contributed by atoms with Gasteiger partial charge in [0.2, 0.25) is 0 Å². The molecule has 0 N–H and O–H groups in total. The fourth-order valence-electron chi connectivity index (χ4n) is 4.72. The molecule has 172 valence electrons. The van der Waals surface area contributed by atoms with E-state index in [2.05, 4.69) is 135 Å². The number of aromatic nitrogens is 1. The van der Waals surface area contributed by atoms with Crippen LogP contribution in [0.3, 0.4) is 0 Å². The zero-order valence-electron chi connectivity index (χ0n) is 20.6. The molecule has 0 saturated carbocycles. The lowest BCUT2D eigenvalue weighted by molar-refractivity contribution is 1.36. The molecule has 36 heavy (non-hydrogen) atoms. The van der Waals surface area contributed by atoms with Gasteiger partial charge in [-0.2, -0.15) is 0 Å². The van der Waals surface area contributed by atoms with Gasteiger partial charge in [0.15, 0.2) is 0 Å². The molecular weight excluding hydrogens is 434 g/mol. The van der Waals surface area contributed by atoms with Crippen molar-refractivity contribution in [2.75, 3.05) is 0 Å². The van der Waals surface area contributed by atoms with E-state index in [9.17, 15) is 0 Å². The number of hydrogen-bond acceptors (Lipinski definition) is 1. The quantitative estimate of drug-likeness (QED) is 0.255. The number of pyridine rings is 1. The van der Waals surface area contributed by atoms with Gasteiger partial charge in [-0.15, -0.1) is 0 Å². The summed E-state index contributed by atoms with van der Waals surface area (Å²) in [4.78, 5) is 4.76. The fourth-order valence-corrected chi connectivity index (χ4v) is 4.72. The predicted molar refractivity (Wildman–Crippen MR) is 153 cm³/mol. The first-order chi connectivity index (χ1) is 17.6. The van der Waals surface area contributed by atoms with E-state index in [4.69, 9.17) is 4.98 Å². The van der Waals surface area contributed by atoms with Crippen molar-refractivity contribution < 1.29 is 0 Å². The highest BCUT2D eigenvalue weighted by Gasteiger charge is 2.09. The van der Waals surface area contributed by atoms with E-state index in [0.29, 0.717) is 0 Å². The Balaban J connectivity index is 1.48. The zero-order chi connectivity index (χ0) is 24.5. The first-order valence-corrected chi connectivity index (χ1v) is 12.4. The van der Waals surface area contributed by atoms with Crippen LogP contribution in [0.4, 0.5) is 0 Å². The molecule has 0 amide bonds. The lowest BCUT2D eigenvalue weighted by atomic mass is 9.92. The van der Waals surface area contributed by atoms with Crippen LogP contribution in [0.2, 0.25) is 0 Å². The van der Waals surface area contributed by atoms with E-state index in [0.717, 1.165) is 16.6 Å². The van der Waals surface area contributed by atoms with Crippen LogP contribution in [-0.2, 0) is 0 Å².